The number of para-hydroxylation sites is 1. The molecule has 0 aliphatic rings. The van der Waals surface area contributed by atoms with Crippen molar-refractivity contribution in [3.63, 3.8) is 0 Å². The fourth-order valence-electron chi connectivity index (χ4n) is 3.79. The smallest absolute Gasteiger partial charge is 0.338 e. The number of hydrogen-bond acceptors (Lipinski definition) is 6. The number of aromatic nitrogens is 4. The highest BCUT2D eigenvalue weighted by Crippen LogP contribution is 2.30. The Morgan fingerprint density at radius 3 is 2.73 bits per heavy atom. The van der Waals surface area contributed by atoms with Crippen molar-refractivity contribution in [3.05, 3.63) is 95.9 Å². The molecule has 0 radical (unpaired) electrons. The quantitative estimate of drug-likeness (QED) is 0.239. The van der Waals surface area contributed by atoms with E-state index in [-0.39, 0.29) is 5.97 Å². The van der Waals surface area contributed by atoms with Gasteiger partial charge in [-0.05, 0) is 48.9 Å². The summed E-state index contributed by atoms with van der Waals surface area (Å²) < 4.78 is 7.31. The Morgan fingerprint density at radius 2 is 1.88 bits per heavy atom. The molecule has 5 aromatic rings. The maximum Gasteiger partial charge on any atom is 0.338 e. The summed E-state index contributed by atoms with van der Waals surface area (Å²) in [5.41, 5.74) is 5.31. The molecule has 5 rings (SSSR count). The summed E-state index contributed by atoms with van der Waals surface area (Å²) in [6.07, 6.45) is 3.62. The highest BCUT2D eigenvalue weighted by atomic mass is 32.2. The van der Waals surface area contributed by atoms with Gasteiger partial charge in [-0.25, -0.2) is 9.78 Å². The Hall–Kier alpha value is -3.71. The average molecular weight is 455 g/mol. The molecule has 0 unspecified atom stereocenters. The van der Waals surface area contributed by atoms with Gasteiger partial charge in [-0.1, -0.05) is 42.1 Å². The van der Waals surface area contributed by atoms with Gasteiger partial charge >= 0.3 is 5.97 Å². The van der Waals surface area contributed by atoms with Crippen LogP contribution >= 0.6 is 11.8 Å². The fourth-order valence-corrected chi connectivity index (χ4v) is 4.79. The Labute approximate surface area is 195 Å². The van der Waals surface area contributed by atoms with E-state index >= 15 is 0 Å². The second-order valence-corrected chi connectivity index (χ2v) is 8.45. The standard InChI is InChI=1S/C26H22N4O2S/c1-2-32-25(31)19-11-12-23-22(15-19)29-26(30(23)16-21-10-3-4-13-27-21)33-17-20-8-5-7-18-9-6-14-28-24(18)20/h3-15H,2,16-17H2,1H3. The first-order valence-corrected chi connectivity index (χ1v) is 11.7. The number of rotatable bonds is 7. The number of esters is 1. The molecular formula is C26H22N4O2S. The molecular weight excluding hydrogens is 432 g/mol. The minimum absolute atomic E-state index is 0.338. The third kappa shape index (κ3) is 4.45. The van der Waals surface area contributed by atoms with Gasteiger partial charge in [-0.3, -0.25) is 9.97 Å². The van der Waals surface area contributed by atoms with Gasteiger partial charge < -0.3 is 9.30 Å². The van der Waals surface area contributed by atoms with Crippen LogP contribution in [-0.2, 0) is 17.0 Å². The van der Waals surface area contributed by atoms with Crippen molar-refractivity contribution in [2.75, 3.05) is 6.61 Å². The Morgan fingerprint density at radius 1 is 1.00 bits per heavy atom. The normalized spacial score (nSPS) is 11.2. The van der Waals surface area contributed by atoms with Crippen LogP contribution in [0.1, 0.15) is 28.5 Å². The molecule has 0 saturated heterocycles. The van der Waals surface area contributed by atoms with Crippen molar-refractivity contribution in [1.82, 2.24) is 19.5 Å². The summed E-state index contributed by atoms with van der Waals surface area (Å²) in [6, 6.07) is 21.7. The first-order valence-electron chi connectivity index (χ1n) is 10.8. The number of pyridine rings is 2. The van der Waals surface area contributed by atoms with Crippen molar-refractivity contribution in [2.45, 2.75) is 24.4 Å². The molecule has 0 aliphatic heterocycles. The number of ether oxygens (including phenoxy) is 1. The molecule has 33 heavy (non-hydrogen) atoms. The minimum Gasteiger partial charge on any atom is -0.462 e. The second-order valence-electron chi connectivity index (χ2n) is 7.51. The highest BCUT2D eigenvalue weighted by Gasteiger charge is 2.16. The van der Waals surface area contributed by atoms with Crippen LogP contribution in [0.3, 0.4) is 0 Å². The van der Waals surface area contributed by atoms with Crippen molar-refractivity contribution >= 4 is 39.7 Å². The molecule has 6 nitrogen and oxygen atoms in total. The topological polar surface area (TPSA) is 69.9 Å². The van der Waals surface area contributed by atoms with Crippen molar-refractivity contribution in [2.24, 2.45) is 0 Å². The zero-order valence-electron chi connectivity index (χ0n) is 18.1. The van der Waals surface area contributed by atoms with E-state index in [0.29, 0.717) is 18.7 Å². The number of carbonyl (C=O) groups excluding carboxylic acids is 1. The summed E-state index contributed by atoms with van der Waals surface area (Å²) >= 11 is 1.65. The molecule has 0 spiro atoms. The van der Waals surface area contributed by atoms with E-state index < -0.39 is 0 Å². The molecule has 7 heteroatoms. The van der Waals surface area contributed by atoms with Gasteiger partial charge in [0.15, 0.2) is 5.16 Å². The number of fused-ring (bicyclic) bond motifs is 2. The minimum atomic E-state index is -0.338. The van der Waals surface area contributed by atoms with Crippen LogP contribution in [0.5, 0.6) is 0 Å². The number of carbonyl (C=O) groups is 1. The summed E-state index contributed by atoms with van der Waals surface area (Å²) in [5, 5.41) is 1.99. The van der Waals surface area contributed by atoms with Crippen molar-refractivity contribution in [1.29, 1.82) is 0 Å². The van der Waals surface area contributed by atoms with Crippen LogP contribution < -0.4 is 0 Å². The number of benzene rings is 2. The Bertz CT molecular complexity index is 1430. The van der Waals surface area contributed by atoms with Crippen LogP contribution in [-0.4, -0.2) is 32.1 Å². The van der Waals surface area contributed by atoms with Crippen LogP contribution in [0.2, 0.25) is 0 Å². The summed E-state index contributed by atoms with van der Waals surface area (Å²) in [7, 11) is 0. The molecule has 0 bridgehead atoms. The largest absolute Gasteiger partial charge is 0.462 e. The van der Waals surface area contributed by atoms with E-state index in [9.17, 15) is 4.79 Å². The zero-order valence-corrected chi connectivity index (χ0v) is 19.0. The van der Waals surface area contributed by atoms with E-state index in [1.807, 2.05) is 36.5 Å². The van der Waals surface area contributed by atoms with E-state index in [1.165, 1.54) is 0 Å². The fraction of sp³-hybridized carbons (Fsp3) is 0.154. The third-order valence-corrected chi connectivity index (χ3v) is 6.37. The number of imidazole rings is 1. The van der Waals surface area contributed by atoms with Crippen molar-refractivity contribution in [3.8, 4) is 0 Å². The van der Waals surface area contributed by atoms with Gasteiger partial charge in [0.05, 0.1) is 41.0 Å². The van der Waals surface area contributed by atoms with Gasteiger partial charge in [0.1, 0.15) is 0 Å². The number of nitrogens with zero attached hydrogens (tertiary/aromatic N) is 4. The van der Waals surface area contributed by atoms with Gasteiger partial charge in [0.25, 0.3) is 0 Å². The number of hydrogen-bond donors (Lipinski definition) is 0. The zero-order chi connectivity index (χ0) is 22.6. The molecule has 0 aliphatic carbocycles. The lowest BCUT2D eigenvalue weighted by atomic mass is 10.1. The molecule has 3 aromatic heterocycles. The highest BCUT2D eigenvalue weighted by molar-refractivity contribution is 7.98. The van der Waals surface area contributed by atoms with E-state index in [2.05, 4.69) is 38.8 Å². The Kier molecular flexibility index (Phi) is 6.04. The lowest BCUT2D eigenvalue weighted by Crippen LogP contribution is -2.05. The maximum absolute atomic E-state index is 12.2. The van der Waals surface area contributed by atoms with Gasteiger partial charge in [0.2, 0.25) is 0 Å². The molecule has 0 atom stereocenters. The van der Waals surface area contributed by atoms with Crippen LogP contribution in [0.25, 0.3) is 21.9 Å². The summed E-state index contributed by atoms with van der Waals surface area (Å²) in [6.45, 7) is 2.73. The molecule has 0 N–H and O–H groups in total. The lowest BCUT2D eigenvalue weighted by Gasteiger charge is -2.10. The predicted molar refractivity (Wildman–Crippen MR) is 130 cm³/mol. The van der Waals surface area contributed by atoms with Crippen LogP contribution in [0, 0.1) is 0 Å². The van der Waals surface area contributed by atoms with Gasteiger partial charge in [-0.15, -0.1) is 0 Å². The Balaban J connectivity index is 1.52. The third-order valence-electron chi connectivity index (χ3n) is 5.34. The summed E-state index contributed by atoms with van der Waals surface area (Å²) in [5.74, 6) is 0.389. The van der Waals surface area contributed by atoms with Gasteiger partial charge in [0, 0.05) is 23.5 Å². The molecule has 3 heterocycles. The lowest BCUT2D eigenvalue weighted by molar-refractivity contribution is 0.0526. The van der Waals surface area contributed by atoms with Crippen LogP contribution in [0.15, 0.2) is 84.3 Å². The van der Waals surface area contributed by atoms with Crippen molar-refractivity contribution < 1.29 is 9.53 Å². The first kappa shape index (κ1) is 21.2. The average Bonchev–Trinajstić information content (AvgIpc) is 3.20. The van der Waals surface area contributed by atoms with Gasteiger partial charge in [-0.2, -0.15) is 0 Å². The number of thioether (sulfide) groups is 1. The maximum atomic E-state index is 12.2. The molecule has 2 aromatic carbocycles. The van der Waals surface area contributed by atoms with Crippen LogP contribution in [0.4, 0.5) is 0 Å². The predicted octanol–water partition coefficient (Wildman–Crippen LogP) is 5.50. The molecule has 0 fully saturated rings. The SMILES string of the molecule is CCOC(=O)c1ccc2c(c1)nc(SCc1cccc3cccnc13)n2Cc1ccccn1. The van der Waals surface area contributed by atoms with E-state index in [4.69, 9.17) is 9.72 Å². The first-order chi connectivity index (χ1) is 16.2. The summed E-state index contributed by atoms with van der Waals surface area (Å²) in [4.78, 5) is 26.2. The van der Waals surface area contributed by atoms with E-state index in [1.54, 1.807) is 37.0 Å². The van der Waals surface area contributed by atoms with E-state index in [0.717, 1.165) is 44.1 Å². The molecule has 0 saturated carbocycles. The monoisotopic (exact) mass is 454 g/mol. The molecule has 0 amide bonds. The second kappa shape index (κ2) is 9.42. The molecule has 164 valence electrons.